The zero-order valence-corrected chi connectivity index (χ0v) is 23.8. The Morgan fingerprint density at radius 2 is 1.77 bits per heavy atom. The van der Waals surface area contributed by atoms with Gasteiger partial charge in [0.05, 0.1) is 30.5 Å². The number of benzene rings is 3. The lowest BCUT2D eigenvalue weighted by molar-refractivity contribution is -0.139. The average Bonchev–Trinajstić information content (AvgIpc) is 3.50. The maximum atomic E-state index is 13.7. The number of halogens is 1. The molecule has 0 spiro atoms. The minimum atomic E-state index is -1.65. The first kappa shape index (κ1) is 27.2. The van der Waals surface area contributed by atoms with Crippen molar-refractivity contribution in [2.75, 3.05) is 11.5 Å². The molecule has 3 aromatic carbocycles. The molecule has 8 heteroatoms. The van der Waals surface area contributed by atoms with Crippen molar-refractivity contribution in [3.63, 3.8) is 0 Å². The molecule has 1 amide bonds. The van der Waals surface area contributed by atoms with E-state index in [1.807, 2.05) is 104 Å². The Morgan fingerprint density at radius 3 is 2.49 bits per heavy atom. The van der Waals surface area contributed by atoms with E-state index < -0.39 is 11.5 Å². The van der Waals surface area contributed by atoms with Crippen molar-refractivity contribution in [3.8, 4) is 0 Å². The van der Waals surface area contributed by atoms with Gasteiger partial charge in [-0.05, 0) is 58.3 Å². The molecule has 5 rings (SSSR count). The highest BCUT2D eigenvalue weighted by atomic mass is 127. The Labute approximate surface area is 241 Å². The van der Waals surface area contributed by atoms with Gasteiger partial charge in [-0.1, -0.05) is 85.0 Å². The van der Waals surface area contributed by atoms with E-state index >= 15 is 0 Å². The Morgan fingerprint density at radius 1 is 1.05 bits per heavy atom. The quantitative estimate of drug-likeness (QED) is 0.189. The first-order chi connectivity index (χ1) is 18.9. The fourth-order valence-electron chi connectivity index (χ4n) is 5.13. The molecule has 2 heterocycles. The molecule has 200 valence electrons. The number of aliphatic hydroxyl groups excluding tert-OH is 1. The van der Waals surface area contributed by atoms with Crippen LogP contribution in [0.25, 0.3) is 0 Å². The van der Waals surface area contributed by atoms with Crippen molar-refractivity contribution >= 4 is 34.2 Å². The van der Waals surface area contributed by atoms with Crippen molar-refractivity contribution in [3.05, 3.63) is 123 Å². The highest BCUT2D eigenvalue weighted by Crippen LogP contribution is 2.46. The summed E-state index contributed by atoms with van der Waals surface area (Å²) in [6, 6.07) is 25.4. The number of nitrogens with zero attached hydrogens (tertiary/aromatic N) is 4. The highest BCUT2D eigenvalue weighted by molar-refractivity contribution is 14.1. The van der Waals surface area contributed by atoms with Crippen LogP contribution in [0.5, 0.6) is 0 Å². The maximum Gasteiger partial charge on any atom is 0.264 e. The van der Waals surface area contributed by atoms with Gasteiger partial charge in [0, 0.05) is 27.8 Å². The number of hydrogen-bond acceptors (Lipinski definition) is 5. The summed E-state index contributed by atoms with van der Waals surface area (Å²) in [6.45, 7) is 2.82. The number of allylic oxidation sites excluding steroid dienone is 1. The zero-order chi connectivity index (χ0) is 27.4. The largest absolute Gasteiger partial charge is 0.395 e. The van der Waals surface area contributed by atoms with Crippen LogP contribution in [0.3, 0.4) is 0 Å². The summed E-state index contributed by atoms with van der Waals surface area (Å²) >= 11 is 2.21. The minimum Gasteiger partial charge on any atom is -0.395 e. The molecule has 1 aromatic heterocycles. The van der Waals surface area contributed by atoms with Crippen LogP contribution in [0, 0.1) is 9.49 Å². The minimum absolute atomic E-state index is 0.0472. The van der Waals surface area contributed by atoms with Crippen molar-refractivity contribution < 1.29 is 15.0 Å². The second-order valence-electron chi connectivity index (χ2n) is 9.86. The molecule has 0 aliphatic carbocycles. The third-order valence-electron chi connectivity index (χ3n) is 7.32. The van der Waals surface area contributed by atoms with E-state index in [0.717, 1.165) is 26.1 Å². The second-order valence-corrected chi connectivity index (χ2v) is 11.1. The number of amides is 1. The zero-order valence-electron chi connectivity index (χ0n) is 21.7. The summed E-state index contributed by atoms with van der Waals surface area (Å²) in [5.41, 5.74) is 2.46. The molecule has 1 aliphatic heterocycles. The fourth-order valence-corrected chi connectivity index (χ4v) is 5.62. The van der Waals surface area contributed by atoms with E-state index in [9.17, 15) is 15.0 Å². The molecule has 0 bridgehead atoms. The van der Waals surface area contributed by atoms with Gasteiger partial charge < -0.3 is 15.1 Å². The molecule has 7 nitrogen and oxygen atoms in total. The van der Waals surface area contributed by atoms with Gasteiger partial charge >= 0.3 is 0 Å². The molecule has 0 saturated heterocycles. The summed E-state index contributed by atoms with van der Waals surface area (Å²) in [5, 5.41) is 30.3. The number of rotatable bonds is 10. The van der Waals surface area contributed by atoms with E-state index in [1.165, 1.54) is 0 Å². The summed E-state index contributed by atoms with van der Waals surface area (Å²) in [5.74, 6) is -0.969. The third kappa shape index (κ3) is 5.54. The lowest BCUT2D eigenvalue weighted by Gasteiger charge is -2.27. The van der Waals surface area contributed by atoms with Crippen LogP contribution in [-0.2, 0) is 23.5 Å². The van der Waals surface area contributed by atoms with Gasteiger partial charge in [0.15, 0.2) is 5.60 Å². The van der Waals surface area contributed by atoms with E-state index in [0.29, 0.717) is 25.1 Å². The van der Waals surface area contributed by atoms with Crippen LogP contribution in [0.2, 0.25) is 0 Å². The Kier molecular flexibility index (Phi) is 8.25. The van der Waals surface area contributed by atoms with E-state index in [-0.39, 0.29) is 18.4 Å². The molecule has 1 aliphatic rings. The van der Waals surface area contributed by atoms with Gasteiger partial charge in [-0.2, -0.15) is 0 Å². The van der Waals surface area contributed by atoms with Gasteiger partial charge in [-0.25, -0.2) is 0 Å². The normalized spacial score (nSPS) is 18.5. The Balaban J connectivity index is 1.28. The van der Waals surface area contributed by atoms with Crippen molar-refractivity contribution in [1.29, 1.82) is 0 Å². The highest BCUT2D eigenvalue weighted by Gasteiger charge is 2.52. The number of anilines is 1. The van der Waals surface area contributed by atoms with Crippen molar-refractivity contribution in [1.82, 2.24) is 15.0 Å². The van der Waals surface area contributed by atoms with Crippen LogP contribution in [0.4, 0.5) is 5.69 Å². The van der Waals surface area contributed by atoms with Gasteiger partial charge in [-0.3, -0.25) is 9.48 Å². The summed E-state index contributed by atoms with van der Waals surface area (Å²) < 4.78 is 2.72. The molecule has 0 fully saturated rings. The summed E-state index contributed by atoms with van der Waals surface area (Å²) in [7, 11) is 0. The van der Waals surface area contributed by atoms with E-state index in [2.05, 4.69) is 32.9 Å². The van der Waals surface area contributed by atoms with E-state index in [1.54, 1.807) is 9.58 Å². The van der Waals surface area contributed by atoms with Crippen molar-refractivity contribution in [2.45, 2.75) is 38.0 Å². The van der Waals surface area contributed by atoms with E-state index in [4.69, 9.17) is 0 Å². The predicted octanol–water partition coefficient (Wildman–Crippen LogP) is 5.02. The molecule has 0 radical (unpaired) electrons. The summed E-state index contributed by atoms with van der Waals surface area (Å²) in [4.78, 5) is 15.4. The van der Waals surface area contributed by atoms with Crippen LogP contribution >= 0.6 is 22.6 Å². The molecule has 0 saturated carbocycles. The SMILES string of the molecule is C[C@H](/C=C/CCn1cc(C(CO)c2ccccc2)nn1)[C@@]1(O)C(=O)N(Cc2ccccc2)c2ccc(I)cc21. The molecule has 2 N–H and O–H groups in total. The molecule has 4 aromatic rings. The third-order valence-corrected chi connectivity index (χ3v) is 7.99. The van der Waals surface area contributed by atoms with Gasteiger partial charge in [0.2, 0.25) is 0 Å². The molecule has 1 unspecified atom stereocenters. The lowest BCUT2D eigenvalue weighted by Crippen LogP contribution is -2.44. The average molecular weight is 635 g/mol. The number of carbonyl (C=O) groups excluding carboxylic acids is 1. The van der Waals surface area contributed by atoms with Gasteiger partial charge in [0.1, 0.15) is 0 Å². The fraction of sp³-hybridized carbons (Fsp3) is 0.258. The molecular weight excluding hydrogens is 603 g/mol. The molecule has 39 heavy (non-hydrogen) atoms. The smallest absolute Gasteiger partial charge is 0.264 e. The number of hydrogen-bond donors (Lipinski definition) is 2. The van der Waals surface area contributed by atoms with Gasteiger partial charge in [-0.15, -0.1) is 5.10 Å². The monoisotopic (exact) mass is 634 g/mol. The number of aliphatic hydroxyl groups is 2. The number of fused-ring (bicyclic) bond motifs is 1. The standard InChI is InChI=1S/C31H31IN4O3/c1-22(10-8-9-17-35-20-28(33-34-35)26(21-37)24-13-6-3-7-14-24)31(39)27-18-25(32)15-16-29(27)36(30(31)38)19-23-11-4-2-5-12-23/h2-8,10-16,18,20,22,26,37,39H,9,17,19,21H2,1H3/b10-8+/t22-,26?,31+/m1/s1. The second kappa shape index (κ2) is 11.8. The van der Waals surface area contributed by atoms with Crippen LogP contribution in [-0.4, -0.2) is 37.7 Å². The Hall–Kier alpha value is -3.34. The van der Waals surface area contributed by atoms with Crippen LogP contribution in [0.15, 0.2) is 97.2 Å². The number of carbonyl (C=O) groups is 1. The van der Waals surface area contributed by atoms with Crippen LogP contribution < -0.4 is 4.90 Å². The molecule has 3 atom stereocenters. The number of aryl methyl sites for hydroxylation is 1. The Bertz CT molecular complexity index is 1460. The first-order valence-electron chi connectivity index (χ1n) is 13.0. The maximum absolute atomic E-state index is 13.7. The lowest BCUT2D eigenvalue weighted by atomic mass is 9.83. The number of aromatic nitrogens is 3. The topological polar surface area (TPSA) is 91.5 Å². The molecular formula is C31H31IN4O3. The summed E-state index contributed by atoms with van der Waals surface area (Å²) in [6.07, 6.45) is 6.40. The van der Waals surface area contributed by atoms with Gasteiger partial charge in [0.25, 0.3) is 5.91 Å². The first-order valence-corrected chi connectivity index (χ1v) is 14.1. The van der Waals surface area contributed by atoms with Crippen molar-refractivity contribution in [2.24, 2.45) is 5.92 Å². The van der Waals surface area contributed by atoms with Crippen LogP contribution in [0.1, 0.15) is 41.6 Å². The predicted molar refractivity (Wildman–Crippen MR) is 159 cm³/mol.